The van der Waals surface area contributed by atoms with Gasteiger partial charge in [0.15, 0.2) is 18.1 Å². The van der Waals surface area contributed by atoms with Crippen molar-refractivity contribution in [2.45, 2.75) is 19.9 Å². The number of carbonyl (C=O) groups is 2. The maximum absolute atomic E-state index is 12.4. The summed E-state index contributed by atoms with van der Waals surface area (Å²) in [5, 5.41) is 3.61. The van der Waals surface area contributed by atoms with E-state index in [1.807, 2.05) is 31.2 Å². The van der Waals surface area contributed by atoms with Crippen molar-refractivity contribution in [3.63, 3.8) is 0 Å². The van der Waals surface area contributed by atoms with Crippen LogP contribution >= 0.6 is 15.9 Å². The van der Waals surface area contributed by atoms with Crippen molar-refractivity contribution in [2.75, 3.05) is 13.4 Å². The number of amides is 1. The smallest absolute Gasteiger partial charge is 0.375 e. The van der Waals surface area contributed by atoms with E-state index >= 15 is 0 Å². The number of halogens is 1. The number of furan rings is 1. The van der Waals surface area contributed by atoms with Gasteiger partial charge in [0.1, 0.15) is 5.58 Å². The fourth-order valence-corrected chi connectivity index (χ4v) is 3.49. The molecule has 1 aromatic heterocycles. The molecule has 0 aliphatic carbocycles. The van der Waals surface area contributed by atoms with Crippen molar-refractivity contribution < 1.29 is 28.2 Å². The Morgan fingerprint density at radius 1 is 1.17 bits per heavy atom. The topological polar surface area (TPSA) is 87.0 Å². The highest BCUT2D eigenvalue weighted by molar-refractivity contribution is 9.10. The van der Waals surface area contributed by atoms with Crippen LogP contribution in [-0.2, 0) is 9.53 Å². The lowest BCUT2D eigenvalue weighted by Crippen LogP contribution is -2.31. The lowest BCUT2D eigenvalue weighted by atomic mass is 10.1. The Morgan fingerprint density at radius 3 is 2.79 bits per heavy atom. The Labute approximate surface area is 175 Å². The van der Waals surface area contributed by atoms with E-state index in [1.54, 1.807) is 19.1 Å². The Bertz CT molecular complexity index is 1110. The number of ether oxygens (including phenoxy) is 3. The van der Waals surface area contributed by atoms with E-state index in [2.05, 4.69) is 21.2 Å². The maximum atomic E-state index is 12.4. The third kappa shape index (κ3) is 3.93. The van der Waals surface area contributed by atoms with Gasteiger partial charge in [-0.3, -0.25) is 4.79 Å². The van der Waals surface area contributed by atoms with Gasteiger partial charge in [-0.15, -0.1) is 0 Å². The highest BCUT2D eigenvalue weighted by atomic mass is 79.9. The third-order valence-corrected chi connectivity index (χ3v) is 5.19. The molecule has 0 saturated heterocycles. The molecule has 0 spiro atoms. The first kappa shape index (κ1) is 19.3. The SMILES string of the molecule is Cc1c(C(=O)OCC(=O)NC(C)c2ccc3c(c2)OCO3)oc2ccc(Br)cc12. The van der Waals surface area contributed by atoms with Crippen LogP contribution in [0.25, 0.3) is 11.0 Å². The molecule has 0 bridgehead atoms. The van der Waals surface area contributed by atoms with Gasteiger partial charge in [0, 0.05) is 15.4 Å². The summed E-state index contributed by atoms with van der Waals surface area (Å²) in [6, 6.07) is 10.6. The van der Waals surface area contributed by atoms with E-state index in [1.165, 1.54) is 0 Å². The predicted octanol–water partition coefficient (Wildman–Crippen LogP) is 4.27. The molecule has 2 heterocycles. The van der Waals surface area contributed by atoms with E-state index in [0.717, 1.165) is 15.4 Å². The van der Waals surface area contributed by atoms with Crippen molar-refractivity contribution in [3.05, 3.63) is 57.8 Å². The van der Waals surface area contributed by atoms with Crippen LogP contribution in [0, 0.1) is 6.92 Å². The van der Waals surface area contributed by atoms with Crippen LogP contribution in [-0.4, -0.2) is 25.3 Å². The van der Waals surface area contributed by atoms with Crippen LogP contribution in [0.15, 0.2) is 45.3 Å². The van der Waals surface area contributed by atoms with Crippen LogP contribution < -0.4 is 14.8 Å². The van der Waals surface area contributed by atoms with Gasteiger partial charge < -0.3 is 23.9 Å². The Morgan fingerprint density at radius 2 is 1.97 bits per heavy atom. The van der Waals surface area contributed by atoms with Crippen LogP contribution in [0.3, 0.4) is 0 Å². The molecule has 150 valence electrons. The normalized spacial score (nSPS) is 13.3. The predicted molar refractivity (Wildman–Crippen MR) is 108 cm³/mol. The zero-order valence-electron chi connectivity index (χ0n) is 15.8. The molecule has 7 nitrogen and oxygen atoms in total. The van der Waals surface area contributed by atoms with Crippen molar-refractivity contribution in [1.82, 2.24) is 5.32 Å². The van der Waals surface area contributed by atoms with Gasteiger partial charge >= 0.3 is 5.97 Å². The largest absolute Gasteiger partial charge is 0.454 e. The zero-order chi connectivity index (χ0) is 20.5. The molecule has 4 rings (SSSR count). The average molecular weight is 460 g/mol. The molecular formula is C21H18BrNO6. The van der Waals surface area contributed by atoms with Crippen LogP contribution in [0.5, 0.6) is 11.5 Å². The second kappa shape index (κ2) is 7.79. The van der Waals surface area contributed by atoms with Crippen LogP contribution in [0.1, 0.15) is 34.6 Å². The molecule has 1 aliphatic heterocycles. The minimum Gasteiger partial charge on any atom is -0.454 e. The van der Waals surface area contributed by atoms with E-state index in [-0.39, 0.29) is 18.6 Å². The first-order valence-corrected chi connectivity index (χ1v) is 9.76. The Kier molecular flexibility index (Phi) is 5.19. The number of hydrogen-bond acceptors (Lipinski definition) is 6. The number of benzene rings is 2. The van der Waals surface area contributed by atoms with Crippen LogP contribution in [0.2, 0.25) is 0 Å². The average Bonchev–Trinajstić information content (AvgIpc) is 3.30. The lowest BCUT2D eigenvalue weighted by Gasteiger charge is -2.14. The summed E-state index contributed by atoms with van der Waals surface area (Å²) in [6.45, 7) is 3.39. The summed E-state index contributed by atoms with van der Waals surface area (Å²) in [7, 11) is 0. The van der Waals surface area contributed by atoms with E-state index < -0.39 is 18.5 Å². The number of rotatable bonds is 5. The van der Waals surface area contributed by atoms with Gasteiger partial charge in [-0.05, 0) is 49.7 Å². The molecule has 0 saturated carbocycles. The van der Waals surface area contributed by atoms with Gasteiger partial charge in [0.25, 0.3) is 5.91 Å². The molecular weight excluding hydrogens is 442 g/mol. The summed E-state index contributed by atoms with van der Waals surface area (Å²) in [4.78, 5) is 24.6. The Hall–Kier alpha value is -3.00. The maximum Gasteiger partial charge on any atom is 0.375 e. The van der Waals surface area contributed by atoms with Crippen molar-refractivity contribution in [1.29, 1.82) is 0 Å². The van der Waals surface area contributed by atoms with Gasteiger partial charge in [0.05, 0.1) is 6.04 Å². The quantitative estimate of drug-likeness (QED) is 0.573. The minimum atomic E-state index is -0.680. The molecule has 2 aromatic carbocycles. The summed E-state index contributed by atoms with van der Waals surface area (Å²) in [6.07, 6.45) is 0. The first-order chi connectivity index (χ1) is 13.9. The zero-order valence-corrected chi connectivity index (χ0v) is 17.4. The van der Waals surface area contributed by atoms with E-state index in [0.29, 0.717) is 22.6 Å². The molecule has 8 heteroatoms. The molecule has 0 radical (unpaired) electrons. The van der Waals surface area contributed by atoms with Gasteiger partial charge in [-0.1, -0.05) is 22.0 Å². The van der Waals surface area contributed by atoms with Gasteiger partial charge in [-0.25, -0.2) is 4.79 Å². The molecule has 29 heavy (non-hydrogen) atoms. The summed E-state index contributed by atoms with van der Waals surface area (Å²) >= 11 is 3.40. The summed E-state index contributed by atoms with van der Waals surface area (Å²) < 4.78 is 22.2. The number of aryl methyl sites for hydroxylation is 1. The summed E-state index contributed by atoms with van der Waals surface area (Å²) in [5.74, 6) is 0.312. The highest BCUT2D eigenvalue weighted by Gasteiger charge is 2.21. The number of esters is 1. The van der Waals surface area contributed by atoms with Crippen molar-refractivity contribution in [3.8, 4) is 11.5 Å². The summed E-state index contributed by atoms with van der Waals surface area (Å²) in [5.41, 5.74) is 2.10. The standard InChI is InChI=1S/C21H18BrNO6/c1-11-15-8-14(22)4-6-16(15)29-20(11)21(25)26-9-19(24)23-12(2)13-3-5-17-18(7-13)28-10-27-17/h3-8,12H,9-10H2,1-2H3,(H,23,24). The van der Waals surface area contributed by atoms with Gasteiger partial charge in [-0.2, -0.15) is 0 Å². The van der Waals surface area contributed by atoms with Crippen LogP contribution in [0.4, 0.5) is 0 Å². The molecule has 1 amide bonds. The third-order valence-electron chi connectivity index (χ3n) is 4.69. The lowest BCUT2D eigenvalue weighted by molar-refractivity contribution is -0.124. The molecule has 1 unspecified atom stereocenters. The van der Waals surface area contributed by atoms with Crippen molar-refractivity contribution in [2.24, 2.45) is 0 Å². The molecule has 1 atom stereocenters. The van der Waals surface area contributed by atoms with Gasteiger partial charge in [0.2, 0.25) is 12.6 Å². The Balaban J connectivity index is 1.37. The molecule has 3 aromatic rings. The number of hydrogen-bond donors (Lipinski definition) is 1. The number of nitrogens with one attached hydrogen (secondary N) is 1. The number of fused-ring (bicyclic) bond motifs is 2. The minimum absolute atomic E-state index is 0.0923. The fourth-order valence-electron chi connectivity index (χ4n) is 3.13. The molecule has 1 N–H and O–H groups in total. The van der Waals surface area contributed by atoms with E-state index in [4.69, 9.17) is 18.6 Å². The van der Waals surface area contributed by atoms with Crippen molar-refractivity contribution >= 4 is 38.8 Å². The second-order valence-corrected chi connectivity index (χ2v) is 7.59. The number of carbonyl (C=O) groups excluding carboxylic acids is 2. The molecule has 1 aliphatic rings. The fraction of sp³-hybridized carbons (Fsp3) is 0.238. The highest BCUT2D eigenvalue weighted by Crippen LogP contribution is 2.34. The monoisotopic (exact) mass is 459 g/mol. The first-order valence-electron chi connectivity index (χ1n) is 8.97. The molecule has 0 fully saturated rings. The second-order valence-electron chi connectivity index (χ2n) is 6.67. The van der Waals surface area contributed by atoms with E-state index in [9.17, 15) is 9.59 Å².